The van der Waals surface area contributed by atoms with Crippen LogP contribution in [0.25, 0.3) is 0 Å². The van der Waals surface area contributed by atoms with E-state index in [2.05, 4.69) is 6.92 Å². The number of nitro groups is 1. The van der Waals surface area contributed by atoms with Crippen molar-refractivity contribution in [3.8, 4) is 0 Å². The molecule has 0 aromatic heterocycles. The van der Waals surface area contributed by atoms with Crippen LogP contribution in [0.15, 0.2) is 52.3 Å². The van der Waals surface area contributed by atoms with Crippen molar-refractivity contribution in [2.24, 2.45) is 0 Å². The van der Waals surface area contributed by atoms with Crippen LogP contribution in [0.3, 0.4) is 0 Å². The third kappa shape index (κ3) is 4.47. The normalized spacial score (nSPS) is 17.0. The van der Waals surface area contributed by atoms with Gasteiger partial charge >= 0.3 is 0 Å². The van der Waals surface area contributed by atoms with Crippen molar-refractivity contribution >= 4 is 23.4 Å². The van der Waals surface area contributed by atoms with Gasteiger partial charge in [-0.1, -0.05) is 18.7 Å². The molecular formula is C20H21FN2O3S. The summed E-state index contributed by atoms with van der Waals surface area (Å²) in [5, 5.41) is 11.5. The number of nitrogens with zero attached hydrogens (tertiary/aromatic N) is 2. The molecule has 2 aromatic carbocycles. The molecule has 1 atom stereocenters. The Morgan fingerprint density at radius 1 is 1.26 bits per heavy atom. The topological polar surface area (TPSA) is 63.5 Å². The summed E-state index contributed by atoms with van der Waals surface area (Å²) in [5.74, 6) is -0.509. The van der Waals surface area contributed by atoms with Gasteiger partial charge in [-0.3, -0.25) is 14.9 Å². The minimum absolute atomic E-state index is 0.111. The van der Waals surface area contributed by atoms with E-state index in [9.17, 15) is 19.3 Å². The highest BCUT2D eigenvalue weighted by atomic mass is 32.2. The molecule has 0 N–H and O–H groups in total. The number of carbonyl (C=O) groups is 1. The summed E-state index contributed by atoms with van der Waals surface area (Å²) in [6, 6.07) is 10.6. The predicted octanol–water partition coefficient (Wildman–Crippen LogP) is 5.29. The fourth-order valence-electron chi connectivity index (χ4n) is 3.37. The molecule has 5 nitrogen and oxygen atoms in total. The second-order valence-electron chi connectivity index (χ2n) is 6.55. The highest BCUT2D eigenvalue weighted by molar-refractivity contribution is 7.99. The van der Waals surface area contributed by atoms with Gasteiger partial charge in [0.05, 0.1) is 9.82 Å². The molecule has 27 heavy (non-hydrogen) atoms. The van der Waals surface area contributed by atoms with Crippen molar-refractivity contribution in [2.75, 3.05) is 6.54 Å². The summed E-state index contributed by atoms with van der Waals surface area (Å²) in [6.45, 7) is 2.75. The molecule has 0 saturated carbocycles. The van der Waals surface area contributed by atoms with Gasteiger partial charge in [-0.05, 0) is 62.1 Å². The molecule has 1 saturated heterocycles. The average molecular weight is 388 g/mol. The van der Waals surface area contributed by atoms with Crippen molar-refractivity contribution < 1.29 is 14.1 Å². The number of halogens is 1. The summed E-state index contributed by atoms with van der Waals surface area (Å²) >= 11 is 1.18. The summed E-state index contributed by atoms with van der Waals surface area (Å²) < 4.78 is 13.1. The lowest BCUT2D eigenvalue weighted by atomic mass is 9.99. The van der Waals surface area contributed by atoms with Crippen LogP contribution in [0.4, 0.5) is 10.1 Å². The first-order valence-electron chi connectivity index (χ1n) is 9.02. The maximum atomic E-state index is 13.1. The Kier molecular flexibility index (Phi) is 6.11. The fourth-order valence-corrected chi connectivity index (χ4v) is 4.27. The van der Waals surface area contributed by atoms with E-state index in [1.807, 2.05) is 4.90 Å². The molecular weight excluding hydrogens is 367 g/mol. The van der Waals surface area contributed by atoms with Gasteiger partial charge in [-0.25, -0.2) is 4.39 Å². The number of carbonyl (C=O) groups excluding carboxylic acids is 1. The molecule has 1 heterocycles. The van der Waals surface area contributed by atoms with Gasteiger partial charge in [0.25, 0.3) is 11.6 Å². The number of hydrogen-bond donors (Lipinski definition) is 0. The van der Waals surface area contributed by atoms with Crippen molar-refractivity contribution in [1.29, 1.82) is 0 Å². The van der Waals surface area contributed by atoms with Gasteiger partial charge < -0.3 is 4.90 Å². The molecule has 1 aliphatic rings. The summed E-state index contributed by atoms with van der Waals surface area (Å²) in [4.78, 5) is 26.9. The van der Waals surface area contributed by atoms with Crippen LogP contribution >= 0.6 is 11.8 Å². The second-order valence-corrected chi connectivity index (χ2v) is 7.67. The highest BCUT2D eigenvalue weighted by Gasteiger charge is 2.28. The van der Waals surface area contributed by atoms with Gasteiger partial charge in [0.15, 0.2) is 0 Å². The van der Waals surface area contributed by atoms with E-state index in [0.717, 1.165) is 25.7 Å². The molecule has 7 heteroatoms. The van der Waals surface area contributed by atoms with E-state index in [1.54, 1.807) is 24.3 Å². The monoisotopic (exact) mass is 388 g/mol. The Bertz CT molecular complexity index is 842. The molecule has 1 amide bonds. The average Bonchev–Trinajstić information content (AvgIpc) is 2.69. The van der Waals surface area contributed by atoms with Crippen molar-refractivity contribution in [3.05, 3.63) is 64.0 Å². The standard InChI is InChI=1S/C20H21FN2O3S/c1-2-16-5-3-4-12-22(16)20(24)14-6-11-19(18(13-14)23(25)26)27-17-9-7-15(21)8-10-17/h6-11,13,16H,2-5,12H2,1H3. The Balaban J connectivity index is 1.87. The molecule has 142 valence electrons. The van der Waals surface area contributed by atoms with Gasteiger partial charge in [0, 0.05) is 29.1 Å². The van der Waals surface area contributed by atoms with Crippen LogP contribution in [-0.4, -0.2) is 28.3 Å². The molecule has 0 aliphatic carbocycles. The Labute approximate surface area is 161 Å². The summed E-state index contributed by atoms with van der Waals surface area (Å²) in [7, 11) is 0. The lowest BCUT2D eigenvalue weighted by molar-refractivity contribution is -0.387. The van der Waals surface area contributed by atoms with E-state index >= 15 is 0 Å². The van der Waals surface area contributed by atoms with Crippen LogP contribution < -0.4 is 0 Å². The van der Waals surface area contributed by atoms with Crippen molar-refractivity contribution in [2.45, 2.75) is 48.4 Å². The second kappa shape index (κ2) is 8.52. The molecule has 0 radical (unpaired) electrons. The highest BCUT2D eigenvalue weighted by Crippen LogP contribution is 2.36. The van der Waals surface area contributed by atoms with Crippen LogP contribution in [0.2, 0.25) is 0 Å². The molecule has 2 aromatic rings. The first-order valence-corrected chi connectivity index (χ1v) is 9.84. The minimum Gasteiger partial charge on any atom is -0.336 e. The zero-order valence-electron chi connectivity index (χ0n) is 15.1. The third-order valence-corrected chi connectivity index (χ3v) is 5.88. The number of nitro benzene ring substituents is 1. The number of amides is 1. The number of likely N-dealkylation sites (tertiary alicyclic amines) is 1. The number of piperidine rings is 1. The smallest absolute Gasteiger partial charge is 0.284 e. The van der Waals surface area contributed by atoms with Gasteiger partial charge in [0.2, 0.25) is 0 Å². The van der Waals surface area contributed by atoms with Gasteiger partial charge in [-0.15, -0.1) is 0 Å². The van der Waals surface area contributed by atoms with E-state index in [-0.39, 0.29) is 23.5 Å². The fraction of sp³-hybridized carbons (Fsp3) is 0.350. The quantitative estimate of drug-likeness (QED) is 0.516. The minimum atomic E-state index is -0.476. The zero-order chi connectivity index (χ0) is 19.4. The van der Waals surface area contributed by atoms with E-state index in [0.29, 0.717) is 21.9 Å². The van der Waals surface area contributed by atoms with Crippen LogP contribution in [0, 0.1) is 15.9 Å². The first kappa shape index (κ1) is 19.4. The molecule has 3 rings (SSSR count). The molecule has 0 bridgehead atoms. The van der Waals surface area contributed by atoms with Crippen LogP contribution in [0.5, 0.6) is 0 Å². The third-order valence-electron chi connectivity index (χ3n) is 4.80. The predicted molar refractivity (Wildman–Crippen MR) is 103 cm³/mol. The molecule has 1 fully saturated rings. The zero-order valence-corrected chi connectivity index (χ0v) is 15.9. The lowest BCUT2D eigenvalue weighted by Crippen LogP contribution is -2.43. The lowest BCUT2D eigenvalue weighted by Gasteiger charge is -2.35. The molecule has 0 spiro atoms. The van der Waals surface area contributed by atoms with Crippen LogP contribution in [-0.2, 0) is 0 Å². The molecule has 1 unspecified atom stereocenters. The van der Waals surface area contributed by atoms with Crippen LogP contribution in [0.1, 0.15) is 43.0 Å². The SMILES string of the molecule is CCC1CCCCN1C(=O)c1ccc(Sc2ccc(F)cc2)c([N+](=O)[O-])c1. The number of rotatable bonds is 5. The maximum absolute atomic E-state index is 13.1. The van der Waals surface area contributed by atoms with E-state index < -0.39 is 4.92 Å². The summed E-state index contributed by atoms with van der Waals surface area (Å²) in [5.41, 5.74) is 0.228. The van der Waals surface area contributed by atoms with Gasteiger partial charge in [0.1, 0.15) is 5.82 Å². The molecule has 1 aliphatic heterocycles. The maximum Gasteiger partial charge on any atom is 0.284 e. The van der Waals surface area contributed by atoms with Crippen molar-refractivity contribution in [1.82, 2.24) is 4.90 Å². The van der Waals surface area contributed by atoms with E-state index in [1.165, 1.54) is 30.0 Å². The van der Waals surface area contributed by atoms with E-state index in [4.69, 9.17) is 0 Å². The number of benzene rings is 2. The first-order chi connectivity index (χ1) is 13.0. The largest absolute Gasteiger partial charge is 0.336 e. The number of hydrogen-bond acceptors (Lipinski definition) is 4. The Morgan fingerprint density at radius 2 is 2.00 bits per heavy atom. The van der Waals surface area contributed by atoms with Gasteiger partial charge in [-0.2, -0.15) is 0 Å². The summed E-state index contributed by atoms with van der Waals surface area (Å²) in [6.07, 6.45) is 3.92. The Morgan fingerprint density at radius 3 is 2.67 bits per heavy atom. The Hall–Kier alpha value is -2.41. The van der Waals surface area contributed by atoms with Crippen molar-refractivity contribution in [3.63, 3.8) is 0 Å².